The molecule has 0 aliphatic carbocycles. The van der Waals surface area contributed by atoms with Crippen molar-refractivity contribution in [3.05, 3.63) is 35.9 Å². The molecule has 0 radical (unpaired) electrons. The molecule has 1 rings (SSSR count). The second-order valence-electron chi connectivity index (χ2n) is 2.94. The molecular formula is C10H15NOS. The van der Waals surface area contributed by atoms with Crippen LogP contribution in [-0.2, 0) is 11.3 Å². The predicted octanol–water partition coefficient (Wildman–Crippen LogP) is 1.46. The van der Waals surface area contributed by atoms with Crippen LogP contribution < -0.4 is 5.73 Å². The van der Waals surface area contributed by atoms with Crippen molar-refractivity contribution in [3.63, 3.8) is 0 Å². The number of rotatable bonds is 5. The van der Waals surface area contributed by atoms with Crippen LogP contribution in [0, 0.1) is 0 Å². The van der Waals surface area contributed by atoms with Gasteiger partial charge in [-0.1, -0.05) is 30.3 Å². The van der Waals surface area contributed by atoms with Crippen LogP contribution in [0.25, 0.3) is 0 Å². The van der Waals surface area contributed by atoms with Gasteiger partial charge in [-0.2, -0.15) is 12.6 Å². The average molecular weight is 197 g/mol. The molecule has 0 unspecified atom stereocenters. The first-order valence-electron chi connectivity index (χ1n) is 4.31. The summed E-state index contributed by atoms with van der Waals surface area (Å²) in [6.07, 6.45) is 0. The van der Waals surface area contributed by atoms with Crippen LogP contribution in [0.2, 0.25) is 0 Å². The smallest absolute Gasteiger partial charge is 0.0717 e. The molecule has 0 aromatic heterocycles. The molecule has 0 saturated heterocycles. The molecule has 1 aromatic carbocycles. The minimum Gasteiger partial charge on any atom is -0.375 e. The molecule has 1 atom stereocenters. The highest BCUT2D eigenvalue weighted by Gasteiger charge is 1.98. The van der Waals surface area contributed by atoms with E-state index in [9.17, 15) is 0 Å². The summed E-state index contributed by atoms with van der Waals surface area (Å²) in [7, 11) is 0. The van der Waals surface area contributed by atoms with Gasteiger partial charge in [-0.05, 0) is 5.56 Å². The van der Waals surface area contributed by atoms with E-state index in [2.05, 4.69) is 12.6 Å². The van der Waals surface area contributed by atoms with Gasteiger partial charge in [0.2, 0.25) is 0 Å². The Morgan fingerprint density at radius 2 is 2.00 bits per heavy atom. The van der Waals surface area contributed by atoms with Gasteiger partial charge in [0, 0.05) is 11.8 Å². The highest BCUT2D eigenvalue weighted by molar-refractivity contribution is 7.80. The van der Waals surface area contributed by atoms with Crippen molar-refractivity contribution >= 4 is 12.6 Å². The number of thiol groups is 1. The molecule has 3 heteroatoms. The Morgan fingerprint density at radius 3 is 2.62 bits per heavy atom. The summed E-state index contributed by atoms with van der Waals surface area (Å²) in [6.45, 7) is 1.20. The van der Waals surface area contributed by atoms with E-state index in [-0.39, 0.29) is 6.04 Å². The average Bonchev–Trinajstić information content (AvgIpc) is 2.19. The molecule has 2 N–H and O–H groups in total. The maximum atomic E-state index is 5.64. The Bertz CT molecular complexity index is 228. The van der Waals surface area contributed by atoms with E-state index in [0.717, 1.165) is 0 Å². The molecule has 2 nitrogen and oxygen atoms in total. The fourth-order valence-corrected chi connectivity index (χ4v) is 1.06. The topological polar surface area (TPSA) is 35.2 Å². The Kier molecular flexibility index (Phi) is 4.90. The molecule has 0 aliphatic heterocycles. The Morgan fingerprint density at radius 1 is 1.31 bits per heavy atom. The monoisotopic (exact) mass is 197 g/mol. The van der Waals surface area contributed by atoms with Gasteiger partial charge in [-0.3, -0.25) is 0 Å². The lowest BCUT2D eigenvalue weighted by atomic mass is 10.2. The molecule has 0 aliphatic rings. The van der Waals surface area contributed by atoms with Gasteiger partial charge in [0.1, 0.15) is 0 Å². The van der Waals surface area contributed by atoms with Crippen LogP contribution in [0.1, 0.15) is 5.56 Å². The summed E-state index contributed by atoms with van der Waals surface area (Å²) in [5.41, 5.74) is 6.81. The third-order valence-electron chi connectivity index (χ3n) is 1.68. The zero-order valence-electron chi connectivity index (χ0n) is 7.52. The third kappa shape index (κ3) is 4.31. The number of ether oxygens (including phenoxy) is 1. The summed E-state index contributed by atoms with van der Waals surface area (Å²) >= 11 is 4.07. The molecule has 72 valence electrons. The van der Waals surface area contributed by atoms with Crippen molar-refractivity contribution in [2.24, 2.45) is 5.73 Å². The molecule has 0 heterocycles. The minimum atomic E-state index is 0.0343. The van der Waals surface area contributed by atoms with Gasteiger partial charge in [-0.25, -0.2) is 0 Å². The molecule has 0 fully saturated rings. The molecule has 0 spiro atoms. The van der Waals surface area contributed by atoms with Crippen molar-refractivity contribution in [2.45, 2.75) is 12.6 Å². The highest BCUT2D eigenvalue weighted by Crippen LogP contribution is 2.00. The van der Waals surface area contributed by atoms with Gasteiger partial charge in [-0.15, -0.1) is 0 Å². The molecule has 1 aromatic rings. The Hall–Kier alpha value is -0.510. The quantitative estimate of drug-likeness (QED) is 0.701. The van der Waals surface area contributed by atoms with Gasteiger partial charge in [0.25, 0.3) is 0 Å². The highest BCUT2D eigenvalue weighted by atomic mass is 32.1. The number of hydrogen-bond acceptors (Lipinski definition) is 3. The molecule has 0 bridgehead atoms. The lowest BCUT2D eigenvalue weighted by molar-refractivity contribution is 0.112. The standard InChI is InChI=1S/C10H15NOS/c11-10(8-13)7-12-6-9-4-2-1-3-5-9/h1-5,10,13H,6-8,11H2/t10-/m1/s1. The number of nitrogens with two attached hydrogens (primary N) is 1. The zero-order chi connectivity index (χ0) is 9.52. The van der Waals surface area contributed by atoms with Crippen LogP contribution in [-0.4, -0.2) is 18.4 Å². The van der Waals surface area contributed by atoms with E-state index in [4.69, 9.17) is 10.5 Å². The van der Waals surface area contributed by atoms with E-state index >= 15 is 0 Å². The van der Waals surface area contributed by atoms with Crippen LogP contribution in [0.15, 0.2) is 30.3 Å². The fourth-order valence-electron chi connectivity index (χ4n) is 0.955. The maximum absolute atomic E-state index is 5.64. The second-order valence-corrected chi connectivity index (χ2v) is 3.31. The molecule has 0 amide bonds. The SMILES string of the molecule is N[C@@H](CS)COCc1ccccc1. The van der Waals surface area contributed by atoms with Crippen molar-refractivity contribution < 1.29 is 4.74 Å². The normalized spacial score (nSPS) is 12.8. The van der Waals surface area contributed by atoms with Gasteiger partial charge >= 0.3 is 0 Å². The van der Waals surface area contributed by atoms with Crippen LogP contribution in [0.5, 0.6) is 0 Å². The molecule has 0 saturated carbocycles. The van der Waals surface area contributed by atoms with Gasteiger partial charge in [0.05, 0.1) is 13.2 Å². The number of hydrogen-bond donors (Lipinski definition) is 2. The fraction of sp³-hybridized carbons (Fsp3) is 0.400. The molecule has 13 heavy (non-hydrogen) atoms. The zero-order valence-corrected chi connectivity index (χ0v) is 8.41. The van der Waals surface area contributed by atoms with E-state index in [1.54, 1.807) is 0 Å². The predicted molar refractivity (Wildman–Crippen MR) is 57.9 cm³/mol. The number of benzene rings is 1. The van der Waals surface area contributed by atoms with E-state index in [1.807, 2.05) is 30.3 Å². The third-order valence-corrected chi connectivity index (χ3v) is 2.15. The van der Waals surface area contributed by atoms with E-state index in [0.29, 0.717) is 19.0 Å². The van der Waals surface area contributed by atoms with Gasteiger partial charge in [0.15, 0.2) is 0 Å². The first-order valence-corrected chi connectivity index (χ1v) is 4.94. The summed E-state index contributed by atoms with van der Waals surface area (Å²) in [4.78, 5) is 0. The van der Waals surface area contributed by atoms with Gasteiger partial charge < -0.3 is 10.5 Å². The van der Waals surface area contributed by atoms with Crippen molar-refractivity contribution in [3.8, 4) is 0 Å². The van der Waals surface area contributed by atoms with Crippen LogP contribution in [0.3, 0.4) is 0 Å². The Balaban J connectivity index is 2.20. The second kappa shape index (κ2) is 6.02. The van der Waals surface area contributed by atoms with Crippen LogP contribution >= 0.6 is 12.6 Å². The Labute approximate surface area is 84.5 Å². The largest absolute Gasteiger partial charge is 0.375 e. The lowest BCUT2D eigenvalue weighted by Gasteiger charge is -2.08. The van der Waals surface area contributed by atoms with E-state index < -0.39 is 0 Å². The maximum Gasteiger partial charge on any atom is 0.0717 e. The lowest BCUT2D eigenvalue weighted by Crippen LogP contribution is -2.27. The van der Waals surface area contributed by atoms with Crippen molar-refractivity contribution in [2.75, 3.05) is 12.4 Å². The van der Waals surface area contributed by atoms with Crippen LogP contribution in [0.4, 0.5) is 0 Å². The first-order chi connectivity index (χ1) is 6.33. The minimum absolute atomic E-state index is 0.0343. The summed E-state index contributed by atoms with van der Waals surface area (Å²) in [6, 6.07) is 10.1. The summed E-state index contributed by atoms with van der Waals surface area (Å²) < 4.78 is 5.40. The van der Waals surface area contributed by atoms with E-state index in [1.165, 1.54) is 5.56 Å². The first kappa shape index (κ1) is 10.6. The van der Waals surface area contributed by atoms with Crippen molar-refractivity contribution in [1.29, 1.82) is 0 Å². The summed E-state index contributed by atoms with van der Waals surface area (Å²) in [5, 5.41) is 0. The van der Waals surface area contributed by atoms with Crippen molar-refractivity contribution in [1.82, 2.24) is 0 Å². The molecular weight excluding hydrogens is 182 g/mol. The summed E-state index contributed by atoms with van der Waals surface area (Å²) in [5.74, 6) is 0.661.